The van der Waals surface area contributed by atoms with Crippen LogP contribution in [-0.2, 0) is 9.59 Å². The van der Waals surface area contributed by atoms with E-state index < -0.39 is 15.7 Å². The molecule has 2 aliphatic carbocycles. The van der Waals surface area contributed by atoms with Crippen molar-refractivity contribution in [2.24, 2.45) is 16.2 Å². The molecule has 1 heterocycles. The average Bonchev–Trinajstić information content (AvgIpc) is 2.88. The Bertz CT molecular complexity index is 664. The molecule has 22 heavy (non-hydrogen) atoms. The molecular formula is C16H21BrN2O2S. The van der Waals surface area contributed by atoms with E-state index in [1.165, 1.54) is 11.3 Å². The molecule has 0 aromatic carbocycles. The Morgan fingerprint density at radius 3 is 2.41 bits per heavy atom. The quantitative estimate of drug-likeness (QED) is 0.787. The number of aryl methyl sites for hydroxylation is 2. The van der Waals surface area contributed by atoms with Gasteiger partial charge in [-0.05, 0) is 32.1 Å². The number of hydrogen-bond acceptors (Lipinski definition) is 4. The van der Waals surface area contributed by atoms with Crippen molar-refractivity contribution in [1.29, 1.82) is 0 Å². The highest BCUT2D eigenvalue weighted by molar-refractivity contribution is 9.10. The largest absolute Gasteiger partial charge is 0.301 e. The molecule has 0 radical (unpaired) electrons. The van der Waals surface area contributed by atoms with Crippen LogP contribution in [0.15, 0.2) is 0 Å². The van der Waals surface area contributed by atoms with Gasteiger partial charge in [0.15, 0.2) is 10.9 Å². The summed E-state index contributed by atoms with van der Waals surface area (Å²) in [5, 5.41) is 3.60. The second-order valence-corrected chi connectivity index (χ2v) is 9.39. The van der Waals surface area contributed by atoms with Gasteiger partial charge in [-0.25, -0.2) is 4.98 Å². The number of rotatable bonds is 2. The third-order valence-corrected chi connectivity index (χ3v) is 8.56. The van der Waals surface area contributed by atoms with Gasteiger partial charge in [0.05, 0.1) is 15.9 Å². The van der Waals surface area contributed by atoms with Gasteiger partial charge in [-0.1, -0.05) is 36.7 Å². The minimum Gasteiger partial charge on any atom is -0.301 e. The molecule has 6 heteroatoms. The fourth-order valence-corrected chi connectivity index (χ4v) is 6.51. The average molecular weight is 385 g/mol. The maximum atomic E-state index is 13.1. The third kappa shape index (κ3) is 1.65. The molecule has 0 unspecified atom stereocenters. The number of hydrogen-bond donors (Lipinski definition) is 1. The summed E-state index contributed by atoms with van der Waals surface area (Å²) in [6.07, 6.45) is 1.50. The van der Waals surface area contributed by atoms with Crippen LogP contribution in [-0.4, -0.2) is 21.5 Å². The lowest BCUT2D eigenvalue weighted by Crippen LogP contribution is -2.47. The third-order valence-electron chi connectivity index (χ3n) is 6.37. The topological polar surface area (TPSA) is 59.1 Å². The van der Waals surface area contributed by atoms with E-state index in [1.54, 1.807) is 0 Å². The fourth-order valence-electron chi connectivity index (χ4n) is 4.19. The lowest BCUT2D eigenvalue weighted by atomic mass is 9.64. The zero-order valence-corrected chi connectivity index (χ0v) is 15.9. The van der Waals surface area contributed by atoms with Crippen molar-refractivity contribution in [3.05, 3.63) is 10.6 Å². The fraction of sp³-hybridized carbons (Fsp3) is 0.688. The van der Waals surface area contributed by atoms with Crippen molar-refractivity contribution in [1.82, 2.24) is 4.98 Å². The first-order chi connectivity index (χ1) is 10.1. The molecule has 1 aromatic rings. The lowest BCUT2D eigenvalue weighted by Gasteiger charge is -2.39. The number of anilines is 1. The highest BCUT2D eigenvalue weighted by atomic mass is 79.9. The van der Waals surface area contributed by atoms with Crippen LogP contribution in [0.4, 0.5) is 5.13 Å². The number of carbonyl (C=O) groups excluding carboxylic acids is 2. The molecule has 2 fully saturated rings. The molecular weight excluding hydrogens is 364 g/mol. The Balaban J connectivity index is 1.99. The van der Waals surface area contributed by atoms with Gasteiger partial charge in [0.2, 0.25) is 5.91 Å². The smallest absolute Gasteiger partial charge is 0.234 e. The number of ketones is 1. The van der Waals surface area contributed by atoms with Crippen molar-refractivity contribution in [2.45, 2.75) is 52.3 Å². The number of amides is 1. The molecule has 1 N–H and O–H groups in total. The second-order valence-electron chi connectivity index (χ2n) is 7.27. The Morgan fingerprint density at radius 2 is 1.95 bits per heavy atom. The number of aromatic nitrogens is 1. The summed E-state index contributed by atoms with van der Waals surface area (Å²) in [5.74, 6) is 0.0769. The maximum Gasteiger partial charge on any atom is 0.234 e. The predicted octanol–water partition coefficient (Wildman–Crippen LogP) is 3.86. The molecule has 3 atom stereocenters. The van der Waals surface area contributed by atoms with Crippen LogP contribution in [0.5, 0.6) is 0 Å². The van der Waals surface area contributed by atoms with E-state index in [4.69, 9.17) is 0 Å². The minimum absolute atomic E-state index is 0.0808. The van der Waals surface area contributed by atoms with Crippen LogP contribution >= 0.6 is 27.3 Å². The first-order valence-corrected chi connectivity index (χ1v) is 9.25. The van der Waals surface area contributed by atoms with Crippen molar-refractivity contribution < 1.29 is 9.59 Å². The van der Waals surface area contributed by atoms with E-state index in [0.717, 1.165) is 23.4 Å². The monoisotopic (exact) mass is 384 g/mol. The number of nitrogens with zero attached hydrogens (tertiary/aromatic N) is 1. The van der Waals surface area contributed by atoms with Crippen LogP contribution < -0.4 is 5.32 Å². The molecule has 120 valence electrons. The Hall–Kier alpha value is -0.750. The zero-order valence-electron chi connectivity index (χ0n) is 13.5. The summed E-state index contributed by atoms with van der Waals surface area (Å²) in [4.78, 5) is 30.9. The number of halogens is 1. The SMILES string of the molecule is Cc1nc(NC(=O)[C@@]23CC[C@](C)(C(=O)[C@@H]2Br)C3(C)C)sc1C. The van der Waals surface area contributed by atoms with Gasteiger partial charge in [-0.2, -0.15) is 0 Å². The van der Waals surface area contributed by atoms with E-state index in [2.05, 4.69) is 40.1 Å². The summed E-state index contributed by atoms with van der Waals surface area (Å²) < 4.78 is 0. The molecule has 2 aliphatic rings. The Morgan fingerprint density at radius 1 is 1.32 bits per heavy atom. The van der Waals surface area contributed by atoms with Crippen LogP contribution in [0.3, 0.4) is 0 Å². The predicted molar refractivity (Wildman–Crippen MR) is 91.5 cm³/mol. The Labute approximate surface area is 143 Å². The van der Waals surface area contributed by atoms with Crippen LogP contribution in [0.2, 0.25) is 0 Å². The van der Waals surface area contributed by atoms with Gasteiger partial charge in [0.1, 0.15) is 0 Å². The minimum atomic E-state index is -0.702. The molecule has 4 nitrogen and oxygen atoms in total. The standard InChI is InChI=1S/C16H21BrN2O2S/c1-8-9(2)22-13(18-8)19-12(21)16-7-6-15(5,14(16,3)4)11(20)10(16)17/h10H,6-7H2,1-5H3,(H,18,19,21)/t10-,15+,16+/m0/s1. The van der Waals surface area contributed by atoms with E-state index in [1.807, 2.05) is 20.8 Å². The summed E-state index contributed by atoms with van der Waals surface area (Å²) in [6.45, 7) is 10.0. The maximum absolute atomic E-state index is 13.1. The Kier molecular flexibility index (Phi) is 3.39. The molecule has 1 aromatic heterocycles. The van der Waals surface area contributed by atoms with Gasteiger partial charge in [-0.3, -0.25) is 9.59 Å². The molecule has 1 amide bonds. The number of carbonyl (C=O) groups is 2. The molecule has 0 saturated heterocycles. The van der Waals surface area contributed by atoms with Crippen molar-refractivity contribution in [3.8, 4) is 0 Å². The van der Waals surface area contributed by atoms with Crippen molar-refractivity contribution in [2.75, 3.05) is 5.32 Å². The van der Waals surface area contributed by atoms with Gasteiger partial charge in [0.25, 0.3) is 0 Å². The number of fused-ring (bicyclic) bond motifs is 2. The van der Waals surface area contributed by atoms with Crippen molar-refractivity contribution >= 4 is 44.1 Å². The van der Waals surface area contributed by atoms with Gasteiger partial charge in [0, 0.05) is 10.3 Å². The zero-order chi connectivity index (χ0) is 16.5. The molecule has 0 spiro atoms. The van der Waals surface area contributed by atoms with Gasteiger partial charge in [-0.15, -0.1) is 11.3 Å². The summed E-state index contributed by atoms with van der Waals surface area (Å²) >= 11 is 5.02. The molecule has 3 rings (SSSR count). The van der Waals surface area contributed by atoms with Crippen molar-refractivity contribution in [3.63, 3.8) is 0 Å². The second kappa shape index (κ2) is 4.63. The van der Waals surface area contributed by atoms with E-state index >= 15 is 0 Å². The van der Waals surface area contributed by atoms with Gasteiger partial charge >= 0.3 is 0 Å². The summed E-state index contributed by atoms with van der Waals surface area (Å²) in [7, 11) is 0. The summed E-state index contributed by atoms with van der Waals surface area (Å²) in [6, 6.07) is 0. The summed E-state index contributed by atoms with van der Waals surface area (Å²) in [5.41, 5.74) is -0.581. The first-order valence-electron chi connectivity index (χ1n) is 7.52. The highest BCUT2D eigenvalue weighted by Crippen LogP contribution is 2.72. The molecule has 0 aliphatic heterocycles. The number of alkyl halides is 1. The molecule has 2 saturated carbocycles. The molecule has 2 bridgehead atoms. The first kappa shape index (κ1) is 16.1. The van der Waals surface area contributed by atoms with E-state index in [9.17, 15) is 9.59 Å². The van der Waals surface area contributed by atoms with Crippen LogP contribution in [0.25, 0.3) is 0 Å². The van der Waals surface area contributed by atoms with Crippen LogP contribution in [0.1, 0.15) is 44.2 Å². The van der Waals surface area contributed by atoms with E-state index in [-0.39, 0.29) is 17.1 Å². The normalized spacial score (nSPS) is 35.9. The number of Topliss-reactive ketones (excluding diaryl/α,β-unsaturated/α-hetero) is 1. The van der Waals surface area contributed by atoms with Gasteiger partial charge < -0.3 is 5.32 Å². The highest BCUT2D eigenvalue weighted by Gasteiger charge is 2.76. The van der Waals surface area contributed by atoms with Crippen LogP contribution in [0, 0.1) is 30.1 Å². The van der Waals surface area contributed by atoms with E-state index in [0.29, 0.717) is 5.13 Å². The number of thiazole rings is 1. The lowest BCUT2D eigenvalue weighted by molar-refractivity contribution is -0.130. The number of nitrogens with one attached hydrogen (secondary N) is 1.